The third kappa shape index (κ3) is 7.60. The van der Waals surface area contributed by atoms with Crippen molar-refractivity contribution in [3.63, 3.8) is 0 Å². The summed E-state index contributed by atoms with van der Waals surface area (Å²) in [5.41, 5.74) is -0.272. The average molecular weight is 606 g/mol. The SMILES string of the molecule is COC(=O)Cc1c(N2CCN(C(=O)OC(C)(C)C)CC2)c(=O)n2nc(Br)nc2n1COCCS(C)(C)C. The van der Waals surface area contributed by atoms with Gasteiger partial charge in [0.25, 0.3) is 5.56 Å². The minimum Gasteiger partial charge on any atom is -0.469 e. The Kier molecular flexibility index (Phi) is 9.17. The van der Waals surface area contributed by atoms with Crippen LogP contribution in [0.5, 0.6) is 0 Å². The molecule has 0 N–H and O–H groups in total. The number of hydrogen-bond acceptors (Lipinski definition) is 9. The molecule has 0 radical (unpaired) electrons. The molecule has 1 fully saturated rings. The quantitative estimate of drug-likeness (QED) is 0.329. The Hall–Kier alpha value is -2.32. The fourth-order valence-electron chi connectivity index (χ4n) is 3.81. The van der Waals surface area contributed by atoms with Crippen molar-refractivity contribution in [2.75, 3.05) is 69.3 Å². The number of ether oxygens (including phenoxy) is 3. The summed E-state index contributed by atoms with van der Waals surface area (Å²) in [5.74, 6) is 0.671. The second kappa shape index (κ2) is 11.6. The van der Waals surface area contributed by atoms with E-state index in [0.29, 0.717) is 44.2 Å². The number of carbonyl (C=O) groups is 2. The number of halogens is 1. The summed E-state index contributed by atoms with van der Waals surface area (Å²) < 4.78 is 19.6. The zero-order chi connectivity index (χ0) is 27.5. The molecule has 12 nitrogen and oxygen atoms in total. The van der Waals surface area contributed by atoms with Crippen molar-refractivity contribution in [1.82, 2.24) is 24.1 Å². The van der Waals surface area contributed by atoms with Crippen LogP contribution in [0.3, 0.4) is 0 Å². The Morgan fingerprint density at radius 2 is 1.76 bits per heavy atom. The first-order valence-corrected chi connectivity index (χ1v) is 15.7. The van der Waals surface area contributed by atoms with Gasteiger partial charge in [-0.05, 0) is 55.5 Å². The van der Waals surface area contributed by atoms with E-state index >= 15 is 0 Å². The lowest BCUT2D eigenvalue weighted by Gasteiger charge is -2.37. The molecule has 2 aromatic rings. The van der Waals surface area contributed by atoms with E-state index in [1.807, 2.05) is 25.7 Å². The molecule has 208 valence electrons. The molecule has 0 unspecified atom stereocenters. The molecule has 37 heavy (non-hydrogen) atoms. The molecule has 1 amide bonds. The molecule has 0 aliphatic carbocycles. The Labute approximate surface area is 226 Å². The van der Waals surface area contributed by atoms with Crippen molar-refractivity contribution in [2.24, 2.45) is 0 Å². The summed E-state index contributed by atoms with van der Waals surface area (Å²) in [5, 5.41) is 4.23. The number of amides is 1. The predicted octanol–water partition coefficient (Wildman–Crippen LogP) is 2.09. The molecule has 1 saturated heterocycles. The molecule has 1 aliphatic rings. The Morgan fingerprint density at radius 3 is 2.32 bits per heavy atom. The van der Waals surface area contributed by atoms with Crippen LogP contribution in [0.1, 0.15) is 26.5 Å². The second-order valence-electron chi connectivity index (χ2n) is 10.7. The molecule has 0 spiro atoms. The number of fused-ring (bicyclic) bond motifs is 1. The molecule has 3 rings (SSSR count). The highest BCUT2D eigenvalue weighted by atomic mass is 79.9. The largest absolute Gasteiger partial charge is 0.469 e. The Bertz CT molecular complexity index is 1190. The van der Waals surface area contributed by atoms with Gasteiger partial charge >= 0.3 is 12.1 Å². The van der Waals surface area contributed by atoms with Crippen LogP contribution in [-0.2, 0) is 32.2 Å². The number of aromatic nitrogens is 4. The summed E-state index contributed by atoms with van der Waals surface area (Å²) in [6.07, 6.45) is 6.08. The molecule has 0 saturated carbocycles. The highest BCUT2D eigenvalue weighted by Gasteiger charge is 2.31. The average Bonchev–Trinajstić information content (AvgIpc) is 3.18. The smallest absolute Gasteiger partial charge is 0.410 e. The zero-order valence-corrected chi connectivity index (χ0v) is 25.0. The fourth-order valence-corrected chi connectivity index (χ4v) is 4.74. The standard InChI is InChI=1S/C23H37BrN6O6S/c1-23(2,3)36-22(33)28-10-8-27(9-11-28)18-16(14-17(31)34-4)29(15-35-12-13-37(5,6)7)21-25-20(24)26-30(21)19(18)32/h8-15H2,1-7H3. The summed E-state index contributed by atoms with van der Waals surface area (Å²) in [6.45, 7) is 7.52. The number of rotatable bonds is 8. The number of nitrogens with zero attached hydrogens (tertiary/aromatic N) is 6. The van der Waals surface area contributed by atoms with Gasteiger partial charge in [-0.1, -0.05) is 0 Å². The van der Waals surface area contributed by atoms with Gasteiger partial charge in [-0.25, -0.2) is 14.8 Å². The van der Waals surface area contributed by atoms with Crippen LogP contribution < -0.4 is 10.5 Å². The lowest BCUT2D eigenvalue weighted by Crippen LogP contribution is -2.52. The maximum absolute atomic E-state index is 13.6. The molecule has 1 aliphatic heterocycles. The minimum atomic E-state index is -0.756. The first-order chi connectivity index (χ1) is 17.2. The highest BCUT2D eigenvalue weighted by molar-refractivity contribution is 9.10. The van der Waals surface area contributed by atoms with Crippen LogP contribution in [0.25, 0.3) is 5.78 Å². The number of anilines is 1. The van der Waals surface area contributed by atoms with Crippen molar-refractivity contribution in [1.29, 1.82) is 0 Å². The Balaban J connectivity index is 1.98. The zero-order valence-electron chi connectivity index (χ0n) is 22.6. The van der Waals surface area contributed by atoms with E-state index in [2.05, 4.69) is 44.8 Å². The Morgan fingerprint density at radius 1 is 1.11 bits per heavy atom. The number of carbonyl (C=O) groups excluding carboxylic acids is 2. The molecule has 2 aromatic heterocycles. The summed E-state index contributed by atoms with van der Waals surface area (Å²) in [7, 11) is 0.549. The fraction of sp³-hybridized carbons (Fsp3) is 0.696. The van der Waals surface area contributed by atoms with E-state index < -0.39 is 33.3 Å². The molecular formula is C23H37BrN6O6S. The third-order valence-corrected chi connectivity index (χ3v) is 7.37. The summed E-state index contributed by atoms with van der Waals surface area (Å²) in [4.78, 5) is 46.5. The first-order valence-electron chi connectivity index (χ1n) is 11.9. The van der Waals surface area contributed by atoms with Crippen molar-refractivity contribution in [3.8, 4) is 0 Å². The van der Waals surface area contributed by atoms with Gasteiger partial charge in [0.15, 0.2) is 0 Å². The van der Waals surface area contributed by atoms with E-state index in [1.165, 1.54) is 11.6 Å². The van der Waals surface area contributed by atoms with Crippen LogP contribution >= 0.6 is 26.0 Å². The third-order valence-electron chi connectivity index (χ3n) is 5.65. The van der Waals surface area contributed by atoms with Gasteiger partial charge in [-0.2, -0.15) is 9.50 Å². The van der Waals surface area contributed by atoms with Gasteiger partial charge in [-0.3, -0.25) is 14.2 Å². The van der Waals surface area contributed by atoms with Gasteiger partial charge in [0, 0.05) is 31.9 Å². The van der Waals surface area contributed by atoms with Crippen LogP contribution in [0.4, 0.5) is 10.5 Å². The van der Waals surface area contributed by atoms with Crippen LogP contribution in [0.15, 0.2) is 9.53 Å². The summed E-state index contributed by atoms with van der Waals surface area (Å²) in [6, 6.07) is 0. The van der Waals surface area contributed by atoms with E-state index in [-0.39, 0.29) is 23.7 Å². The van der Waals surface area contributed by atoms with E-state index in [4.69, 9.17) is 14.2 Å². The molecular weight excluding hydrogens is 568 g/mol. The van der Waals surface area contributed by atoms with Gasteiger partial charge in [-0.15, -0.1) is 5.10 Å². The number of methoxy groups -OCH3 is 1. The summed E-state index contributed by atoms with van der Waals surface area (Å²) >= 11 is 3.26. The van der Waals surface area contributed by atoms with Gasteiger partial charge in [0.2, 0.25) is 10.5 Å². The maximum atomic E-state index is 13.6. The van der Waals surface area contributed by atoms with Crippen molar-refractivity contribution in [2.45, 2.75) is 39.5 Å². The highest BCUT2D eigenvalue weighted by Crippen LogP contribution is 2.33. The first kappa shape index (κ1) is 29.2. The molecule has 14 heteroatoms. The van der Waals surface area contributed by atoms with Gasteiger partial charge in [0.1, 0.15) is 18.0 Å². The second-order valence-corrected chi connectivity index (χ2v) is 16.0. The van der Waals surface area contributed by atoms with E-state index in [1.54, 1.807) is 9.47 Å². The van der Waals surface area contributed by atoms with Gasteiger partial charge in [0.05, 0.1) is 25.8 Å². The minimum absolute atomic E-state index is 0.0850. The van der Waals surface area contributed by atoms with E-state index in [0.717, 1.165) is 5.75 Å². The van der Waals surface area contributed by atoms with Crippen LogP contribution in [-0.4, -0.2) is 106 Å². The van der Waals surface area contributed by atoms with Crippen LogP contribution in [0.2, 0.25) is 0 Å². The topological polar surface area (TPSA) is 121 Å². The van der Waals surface area contributed by atoms with Crippen molar-refractivity contribution < 1.29 is 23.8 Å². The number of esters is 1. The number of hydrogen-bond donors (Lipinski definition) is 0. The monoisotopic (exact) mass is 604 g/mol. The number of piperazine rings is 1. The van der Waals surface area contributed by atoms with Crippen LogP contribution in [0, 0.1) is 0 Å². The molecule has 0 atom stereocenters. The van der Waals surface area contributed by atoms with Gasteiger partial charge < -0.3 is 24.0 Å². The lowest BCUT2D eigenvalue weighted by molar-refractivity contribution is -0.139. The maximum Gasteiger partial charge on any atom is 0.410 e. The lowest BCUT2D eigenvalue weighted by atomic mass is 10.2. The van der Waals surface area contributed by atoms with Crippen molar-refractivity contribution in [3.05, 3.63) is 20.8 Å². The molecule has 0 aromatic carbocycles. The van der Waals surface area contributed by atoms with E-state index in [9.17, 15) is 14.4 Å². The molecule has 0 bridgehead atoms. The van der Waals surface area contributed by atoms with Crippen molar-refractivity contribution >= 4 is 49.5 Å². The predicted molar refractivity (Wildman–Crippen MR) is 147 cm³/mol. The normalized spacial score (nSPS) is 15.2. The molecule has 3 heterocycles.